The summed E-state index contributed by atoms with van der Waals surface area (Å²) in [5, 5.41) is 22.6. The minimum absolute atomic E-state index is 0.227. The first kappa shape index (κ1) is 11.9. The van der Waals surface area contributed by atoms with Gasteiger partial charge in [-0.2, -0.15) is 0 Å². The Kier molecular flexibility index (Phi) is 3.21. The Morgan fingerprint density at radius 1 is 1.56 bits per heavy atom. The molecule has 0 spiro atoms. The standard InChI is InChI=1S/C10H18N4OS/c1-7(2)10(3,15)6-16-9-11-12-13-14(9)8-4-5-8/h7-8,15H,4-6H2,1-3H3. The summed E-state index contributed by atoms with van der Waals surface area (Å²) in [6.07, 6.45) is 2.33. The van der Waals surface area contributed by atoms with Gasteiger partial charge in [0.05, 0.1) is 11.6 Å². The van der Waals surface area contributed by atoms with Crippen LogP contribution in [0.5, 0.6) is 0 Å². The van der Waals surface area contributed by atoms with Crippen molar-refractivity contribution in [3.05, 3.63) is 0 Å². The summed E-state index contributed by atoms with van der Waals surface area (Å²) in [6.45, 7) is 5.89. The van der Waals surface area contributed by atoms with Gasteiger partial charge in [0.15, 0.2) is 0 Å². The molecule has 0 radical (unpaired) electrons. The molecular formula is C10H18N4OS. The molecular weight excluding hydrogens is 224 g/mol. The summed E-state index contributed by atoms with van der Waals surface area (Å²) >= 11 is 1.53. The van der Waals surface area contributed by atoms with Crippen molar-refractivity contribution in [2.75, 3.05) is 5.75 Å². The van der Waals surface area contributed by atoms with Gasteiger partial charge in [0.1, 0.15) is 0 Å². The van der Waals surface area contributed by atoms with Crippen LogP contribution in [-0.2, 0) is 0 Å². The van der Waals surface area contributed by atoms with Crippen LogP contribution in [0.3, 0.4) is 0 Å². The van der Waals surface area contributed by atoms with Crippen molar-refractivity contribution in [3.63, 3.8) is 0 Å². The van der Waals surface area contributed by atoms with Gasteiger partial charge in [0, 0.05) is 5.75 Å². The highest BCUT2D eigenvalue weighted by atomic mass is 32.2. The molecule has 0 aliphatic heterocycles. The molecule has 1 aliphatic carbocycles. The fourth-order valence-electron chi connectivity index (χ4n) is 1.21. The van der Waals surface area contributed by atoms with Crippen LogP contribution < -0.4 is 0 Å². The molecule has 1 aromatic rings. The van der Waals surface area contributed by atoms with Gasteiger partial charge >= 0.3 is 0 Å². The van der Waals surface area contributed by atoms with Crippen molar-refractivity contribution in [3.8, 4) is 0 Å². The van der Waals surface area contributed by atoms with E-state index in [4.69, 9.17) is 0 Å². The van der Waals surface area contributed by atoms with E-state index in [1.165, 1.54) is 24.6 Å². The molecule has 5 nitrogen and oxygen atoms in total. The van der Waals surface area contributed by atoms with Crippen molar-refractivity contribution in [2.24, 2.45) is 5.92 Å². The Morgan fingerprint density at radius 2 is 2.25 bits per heavy atom. The predicted octanol–water partition coefficient (Wildman–Crippen LogP) is 1.51. The Morgan fingerprint density at radius 3 is 2.81 bits per heavy atom. The summed E-state index contributed by atoms with van der Waals surface area (Å²) < 4.78 is 1.88. The number of hydrogen-bond acceptors (Lipinski definition) is 5. The third-order valence-electron chi connectivity index (χ3n) is 3.09. The lowest BCUT2D eigenvalue weighted by atomic mass is 9.95. The summed E-state index contributed by atoms with van der Waals surface area (Å²) in [5.41, 5.74) is -0.676. The maximum Gasteiger partial charge on any atom is 0.209 e. The maximum absolute atomic E-state index is 10.1. The first-order valence-electron chi connectivity index (χ1n) is 5.64. The molecule has 2 rings (SSSR count). The summed E-state index contributed by atoms with van der Waals surface area (Å²) in [6, 6.07) is 0.487. The number of nitrogens with zero attached hydrogens (tertiary/aromatic N) is 4. The molecule has 1 unspecified atom stereocenters. The summed E-state index contributed by atoms with van der Waals surface area (Å²) in [7, 11) is 0. The van der Waals surface area contributed by atoms with Crippen molar-refractivity contribution in [1.82, 2.24) is 20.2 Å². The highest BCUT2D eigenvalue weighted by molar-refractivity contribution is 7.99. The normalized spacial score (nSPS) is 20.1. The lowest BCUT2D eigenvalue weighted by Gasteiger charge is -2.26. The van der Waals surface area contributed by atoms with E-state index in [2.05, 4.69) is 15.5 Å². The fraction of sp³-hybridized carbons (Fsp3) is 0.900. The van der Waals surface area contributed by atoms with Crippen LogP contribution >= 0.6 is 11.8 Å². The minimum atomic E-state index is -0.676. The maximum atomic E-state index is 10.1. The zero-order valence-corrected chi connectivity index (χ0v) is 10.7. The average Bonchev–Trinajstić information content (AvgIpc) is 2.95. The molecule has 1 heterocycles. The van der Waals surface area contributed by atoms with Gasteiger partial charge in [-0.15, -0.1) is 5.10 Å². The third-order valence-corrected chi connectivity index (χ3v) is 4.35. The Bertz CT molecular complexity index is 359. The minimum Gasteiger partial charge on any atom is -0.389 e. The predicted molar refractivity (Wildman–Crippen MR) is 62.3 cm³/mol. The fourth-order valence-corrected chi connectivity index (χ4v) is 2.37. The SMILES string of the molecule is CC(C)C(C)(O)CSc1nnnn1C1CC1. The van der Waals surface area contributed by atoms with E-state index in [1.807, 2.05) is 25.5 Å². The van der Waals surface area contributed by atoms with Gasteiger partial charge in [-0.1, -0.05) is 25.6 Å². The van der Waals surface area contributed by atoms with E-state index in [9.17, 15) is 5.11 Å². The zero-order chi connectivity index (χ0) is 11.8. The third kappa shape index (κ3) is 2.55. The monoisotopic (exact) mass is 242 g/mol. The molecule has 0 amide bonds. The molecule has 0 aromatic carbocycles. The van der Waals surface area contributed by atoms with Crippen LogP contribution in [0.25, 0.3) is 0 Å². The van der Waals surface area contributed by atoms with Crippen molar-refractivity contribution < 1.29 is 5.11 Å². The van der Waals surface area contributed by atoms with E-state index < -0.39 is 5.60 Å². The number of thioether (sulfide) groups is 1. The van der Waals surface area contributed by atoms with Gasteiger partial charge in [0.2, 0.25) is 5.16 Å². The van der Waals surface area contributed by atoms with E-state index in [0.717, 1.165) is 5.16 Å². The first-order valence-corrected chi connectivity index (χ1v) is 6.62. The van der Waals surface area contributed by atoms with Crippen LogP contribution in [0.4, 0.5) is 0 Å². The van der Waals surface area contributed by atoms with Crippen LogP contribution in [-0.4, -0.2) is 36.7 Å². The number of tetrazole rings is 1. The molecule has 1 fully saturated rings. The van der Waals surface area contributed by atoms with Crippen LogP contribution in [0.15, 0.2) is 5.16 Å². The highest BCUT2D eigenvalue weighted by Crippen LogP contribution is 2.37. The smallest absolute Gasteiger partial charge is 0.209 e. The lowest BCUT2D eigenvalue weighted by Crippen LogP contribution is -2.33. The molecule has 1 N–H and O–H groups in total. The molecule has 6 heteroatoms. The van der Waals surface area contributed by atoms with Crippen molar-refractivity contribution in [2.45, 2.75) is 50.4 Å². The van der Waals surface area contributed by atoms with Gasteiger partial charge in [-0.25, -0.2) is 4.68 Å². The van der Waals surface area contributed by atoms with Crippen molar-refractivity contribution >= 4 is 11.8 Å². The number of aromatic nitrogens is 4. The number of hydrogen-bond donors (Lipinski definition) is 1. The molecule has 90 valence electrons. The average molecular weight is 242 g/mol. The second-order valence-corrected chi connectivity index (χ2v) is 5.88. The molecule has 1 aliphatic rings. The van der Waals surface area contributed by atoms with E-state index >= 15 is 0 Å². The Hall–Kier alpha value is -0.620. The van der Waals surface area contributed by atoms with Gasteiger partial charge in [0.25, 0.3) is 0 Å². The molecule has 1 atom stereocenters. The summed E-state index contributed by atoms with van der Waals surface area (Å²) in [5.74, 6) is 0.850. The molecule has 0 bridgehead atoms. The van der Waals surface area contributed by atoms with Crippen LogP contribution in [0, 0.1) is 5.92 Å². The van der Waals surface area contributed by atoms with Crippen LogP contribution in [0.2, 0.25) is 0 Å². The highest BCUT2D eigenvalue weighted by Gasteiger charge is 2.30. The van der Waals surface area contributed by atoms with Gasteiger partial charge < -0.3 is 5.11 Å². The second kappa shape index (κ2) is 4.33. The zero-order valence-electron chi connectivity index (χ0n) is 9.92. The Labute approximate surface area is 99.6 Å². The lowest BCUT2D eigenvalue weighted by molar-refractivity contribution is 0.0375. The molecule has 1 saturated carbocycles. The van der Waals surface area contributed by atoms with Crippen molar-refractivity contribution in [1.29, 1.82) is 0 Å². The van der Waals surface area contributed by atoms with E-state index in [1.54, 1.807) is 0 Å². The molecule has 1 aromatic heterocycles. The van der Waals surface area contributed by atoms with E-state index in [-0.39, 0.29) is 5.92 Å². The second-order valence-electron chi connectivity index (χ2n) is 4.94. The largest absolute Gasteiger partial charge is 0.389 e. The topological polar surface area (TPSA) is 63.8 Å². The molecule has 0 saturated heterocycles. The number of aliphatic hydroxyl groups is 1. The molecule has 16 heavy (non-hydrogen) atoms. The van der Waals surface area contributed by atoms with Gasteiger partial charge in [-0.3, -0.25) is 0 Å². The summed E-state index contributed by atoms with van der Waals surface area (Å²) in [4.78, 5) is 0. The quantitative estimate of drug-likeness (QED) is 0.793. The van der Waals surface area contributed by atoms with Crippen LogP contribution in [0.1, 0.15) is 39.7 Å². The first-order chi connectivity index (χ1) is 7.50. The Balaban J connectivity index is 1.96. The van der Waals surface area contributed by atoms with Gasteiger partial charge in [-0.05, 0) is 36.1 Å². The van der Waals surface area contributed by atoms with E-state index in [0.29, 0.717) is 11.8 Å². The number of rotatable bonds is 5.